The lowest BCUT2D eigenvalue weighted by molar-refractivity contribution is 0.832. The summed E-state index contributed by atoms with van der Waals surface area (Å²) in [6, 6.07) is 0. The highest BCUT2D eigenvalue weighted by molar-refractivity contribution is 14.1. The normalized spacial score (nSPS) is 22.2. The average Bonchev–Trinajstić information content (AvgIpc) is 2.12. The third-order valence-electron chi connectivity index (χ3n) is 1.31. The van der Waals surface area contributed by atoms with Gasteiger partial charge in [-0.3, -0.25) is 0 Å². The Bertz CT molecular complexity index is 110. The van der Waals surface area contributed by atoms with Crippen LogP contribution in [0.25, 0.3) is 0 Å². The number of allylic oxidation sites excluding steroid dienone is 4. The number of rotatable bonds is 1. The molecule has 0 spiro atoms. The zero-order valence-electron chi connectivity index (χ0n) is 4.84. The molecule has 0 saturated heterocycles. The predicted octanol–water partition coefficient (Wildman–Crippen LogP) is 2.55. The topological polar surface area (TPSA) is 0 Å². The highest BCUT2D eigenvalue weighted by Gasteiger charge is 2.08. The van der Waals surface area contributed by atoms with Gasteiger partial charge in [0, 0.05) is 9.84 Å². The maximum Gasteiger partial charge on any atom is 0.0179 e. The van der Waals surface area contributed by atoms with Gasteiger partial charge in [-0.05, 0) is 0 Å². The molecule has 0 radical (unpaired) electrons. The van der Waals surface area contributed by atoms with Crippen molar-refractivity contribution in [2.45, 2.75) is 10.8 Å². The van der Waals surface area contributed by atoms with Crippen molar-refractivity contribution in [3.05, 3.63) is 24.3 Å². The number of hydrogen-bond acceptors (Lipinski definition) is 0. The van der Waals surface area contributed by atoms with E-state index in [1.807, 2.05) is 0 Å². The molecular formula is C7H9I. The molecule has 1 unspecified atom stereocenters. The van der Waals surface area contributed by atoms with Gasteiger partial charge in [-0.2, -0.15) is 0 Å². The second-order valence-electron chi connectivity index (χ2n) is 2.02. The standard InChI is InChI=1S/C7H9I/c1-6(8)7-4-2-3-5-7/h2-7H,1H3. The minimum absolute atomic E-state index is 0.690. The van der Waals surface area contributed by atoms with Gasteiger partial charge in [-0.1, -0.05) is 53.8 Å². The first-order chi connectivity index (χ1) is 3.80. The Balaban J connectivity index is 2.49. The summed E-state index contributed by atoms with van der Waals surface area (Å²) in [5, 5.41) is 0. The molecule has 0 amide bonds. The van der Waals surface area contributed by atoms with Gasteiger partial charge in [0.25, 0.3) is 0 Å². The van der Waals surface area contributed by atoms with Crippen LogP contribution in [0.3, 0.4) is 0 Å². The summed E-state index contributed by atoms with van der Waals surface area (Å²) in [4.78, 5) is 0. The van der Waals surface area contributed by atoms with Gasteiger partial charge in [-0.25, -0.2) is 0 Å². The maximum absolute atomic E-state index is 2.44. The molecule has 0 aromatic carbocycles. The van der Waals surface area contributed by atoms with Crippen molar-refractivity contribution in [1.82, 2.24) is 0 Å². The molecule has 0 aromatic heterocycles. The fourth-order valence-electron chi connectivity index (χ4n) is 0.755. The Morgan fingerprint density at radius 2 is 1.88 bits per heavy atom. The third kappa shape index (κ3) is 1.34. The summed E-state index contributed by atoms with van der Waals surface area (Å²) in [5.41, 5.74) is 0. The molecular weight excluding hydrogens is 211 g/mol. The van der Waals surface area contributed by atoms with Gasteiger partial charge in [0.1, 0.15) is 0 Å². The van der Waals surface area contributed by atoms with E-state index in [2.05, 4.69) is 53.8 Å². The monoisotopic (exact) mass is 220 g/mol. The molecule has 8 heavy (non-hydrogen) atoms. The quantitative estimate of drug-likeness (QED) is 0.470. The molecule has 0 saturated carbocycles. The summed E-state index contributed by atoms with van der Waals surface area (Å²) in [5.74, 6) is 0.690. The fourth-order valence-corrected chi connectivity index (χ4v) is 1.23. The molecule has 1 aliphatic rings. The molecule has 44 valence electrons. The Hall–Kier alpha value is 0.210. The fraction of sp³-hybridized carbons (Fsp3) is 0.429. The van der Waals surface area contributed by atoms with Gasteiger partial charge in [-0.15, -0.1) is 0 Å². The Kier molecular flexibility index (Phi) is 2.11. The van der Waals surface area contributed by atoms with E-state index in [0.29, 0.717) is 5.92 Å². The first-order valence-electron chi connectivity index (χ1n) is 2.80. The smallest absolute Gasteiger partial charge is 0.0179 e. The molecule has 1 aliphatic carbocycles. The number of hydrogen-bond donors (Lipinski definition) is 0. The number of halogens is 1. The van der Waals surface area contributed by atoms with Gasteiger partial charge >= 0.3 is 0 Å². The SMILES string of the molecule is CC(I)C1C=CC=C1. The molecule has 0 aliphatic heterocycles. The molecule has 0 heterocycles. The lowest BCUT2D eigenvalue weighted by Gasteiger charge is -2.05. The van der Waals surface area contributed by atoms with Crippen LogP contribution < -0.4 is 0 Å². The third-order valence-corrected chi connectivity index (χ3v) is 2.14. The van der Waals surface area contributed by atoms with Crippen molar-refractivity contribution in [2.24, 2.45) is 5.92 Å². The van der Waals surface area contributed by atoms with Crippen LogP contribution in [0.2, 0.25) is 0 Å². The van der Waals surface area contributed by atoms with Crippen molar-refractivity contribution >= 4 is 22.6 Å². The molecule has 0 nitrogen and oxygen atoms in total. The highest BCUT2D eigenvalue weighted by atomic mass is 127. The summed E-state index contributed by atoms with van der Waals surface area (Å²) >= 11 is 2.44. The van der Waals surface area contributed by atoms with Crippen molar-refractivity contribution in [1.29, 1.82) is 0 Å². The van der Waals surface area contributed by atoms with Crippen LogP contribution in [0.1, 0.15) is 6.92 Å². The summed E-state index contributed by atoms with van der Waals surface area (Å²) < 4.78 is 0.739. The zero-order valence-corrected chi connectivity index (χ0v) is 7.00. The van der Waals surface area contributed by atoms with Crippen LogP contribution in [0, 0.1) is 5.92 Å². The summed E-state index contributed by atoms with van der Waals surface area (Å²) in [7, 11) is 0. The first-order valence-corrected chi connectivity index (χ1v) is 4.04. The van der Waals surface area contributed by atoms with E-state index in [1.165, 1.54) is 0 Å². The predicted molar refractivity (Wildman–Crippen MR) is 45.3 cm³/mol. The first kappa shape index (κ1) is 6.33. The number of alkyl halides is 1. The van der Waals surface area contributed by atoms with Crippen LogP contribution in [0.4, 0.5) is 0 Å². The molecule has 1 rings (SSSR count). The molecule has 0 aromatic rings. The minimum atomic E-state index is 0.690. The molecule has 0 N–H and O–H groups in total. The lowest BCUT2D eigenvalue weighted by atomic mass is 10.1. The van der Waals surface area contributed by atoms with Gasteiger partial charge in [0.05, 0.1) is 0 Å². The van der Waals surface area contributed by atoms with E-state index < -0.39 is 0 Å². The van der Waals surface area contributed by atoms with E-state index in [1.54, 1.807) is 0 Å². The second kappa shape index (κ2) is 2.67. The van der Waals surface area contributed by atoms with Crippen LogP contribution in [0.5, 0.6) is 0 Å². The van der Waals surface area contributed by atoms with E-state index in [4.69, 9.17) is 0 Å². The van der Waals surface area contributed by atoms with Crippen LogP contribution in [-0.2, 0) is 0 Å². The van der Waals surface area contributed by atoms with Crippen molar-refractivity contribution < 1.29 is 0 Å². The second-order valence-corrected chi connectivity index (χ2v) is 3.99. The van der Waals surface area contributed by atoms with E-state index in [0.717, 1.165) is 3.92 Å². The molecule has 1 heteroatoms. The largest absolute Gasteiger partial charge is 0.0819 e. The van der Waals surface area contributed by atoms with Crippen molar-refractivity contribution in [3.63, 3.8) is 0 Å². The molecule has 0 bridgehead atoms. The highest BCUT2D eigenvalue weighted by Crippen LogP contribution is 2.19. The summed E-state index contributed by atoms with van der Waals surface area (Å²) in [6.07, 6.45) is 8.69. The molecule has 0 fully saturated rings. The maximum atomic E-state index is 2.44. The van der Waals surface area contributed by atoms with Crippen molar-refractivity contribution in [3.8, 4) is 0 Å². The average molecular weight is 220 g/mol. The Labute approximate surface area is 63.8 Å². The Morgan fingerprint density at radius 3 is 2.12 bits per heavy atom. The van der Waals surface area contributed by atoms with Crippen molar-refractivity contribution in [2.75, 3.05) is 0 Å². The summed E-state index contributed by atoms with van der Waals surface area (Å²) in [6.45, 7) is 2.23. The molecule has 1 atom stereocenters. The van der Waals surface area contributed by atoms with Crippen LogP contribution in [0.15, 0.2) is 24.3 Å². The Morgan fingerprint density at radius 1 is 1.38 bits per heavy atom. The zero-order chi connectivity index (χ0) is 5.98. The van der Waals surface area contributed by atoms with Gasteiger partial charge in [0.2, 0.25) is 0 Å². The van der Waals surface area contributed by atoms with E-state index in [-0.39, 0.29) is 0 Å². The van der Waals surface area contributed by atoms with Gasteiger partial charge < -0.3 is 0 Å². The minimum Gasteiger partial charge on any atom is -0.0819 e. The van der Waals surface area contributed by atoms with Crippen LogP contribution in [-0.4, -0.2) is 3.92 Å². The lowest BCUT2D eigenvalue weighted by Crippen LogP contribution is -2.01. The van der Waals surface area contributed by atoms with Gasteiger partial charge in [0.15, 0.2) is 0 Å². The van der Waals surface area contributed by atoms with E-state index >= 15 is 0 Å². The van der Waals surface area contributed by atoms with E-state index in [9.17, 15) is 0 Å². The van der Waals surface area contributed by atoms with Crippen LogP contribution >= 0.6 is 22.6 Å².